The van der Waals surface area contributed by atoms with Gasteiger partial charge in [-0.05, 0) is 53.3 Å². The van der Waals surface area contributed by atoms with Crippen molar-refractivity contribution in [1.82, 2.24) is 5.32 Å². The van der Waals surface area contributed by atoms with Crippen LogP contribution in [0.15, 0.2) is 11.4 Å². The van der Waals surface area contributed by atoms with Crippen molar-refractivity contribution >= 4 is 51.4 Å². The molecule has 1 aromatic heterocycles. The summed E-state index contributed by atoms with van der Waals surface area (Å²) in [6, 6.07) is 1.92. The molecule has 2 atom stereocenters. The molecule has 1 fully saturated rings. The summed E-state index contributed by atoms with van der Waals surface area (Å²) in [5.41, 5.74) is 0.778. The van der Waals surface area contributed by atoms with Crippen molar-refractivity contribution in [2.45, 2.75) is 19.3 Å². The van der Waals surface area contributed by atoms with E-state index in [9.17, 15) is 4.79 Å². The molecule has 94 valence electrons. The van der Waals surface area contributed by atoms with Gasteiger partial charge < -0.3 is 5.32 Å². The zero-order chi connectivity index (χ0) is 12.3. The van der Waals surface area contributed by atoms with Crippen molar-refractivity contribution in [3.8, 4) is 0 Å². The highest BCUT2D eigenvalue weighted by Gasteiger charge is 2.26. The quantitative estimate of drug-likeness (QED) is 0.623. The molecule has 2 unspecified atom stereocenters. The Labute approximate surface area is 124 Å². The van der Waals surface area contributed by atoms with Crippen LogP contribution in [0, 0.1) is 14.7 Å². The number of thiophene rings is 1. The molecular formula is C12H15ClINOS. The normalized spacial score (nSPS) is 23.9. The molecule has 0 bridgehead atoms. The molecule has 0 radical (unpaired) electrons. The van der Waals surface area contributed by atoms with E-state index in [1.807, 2.05) is 11.4 Å². The summed E-state index contributed by atoms with van der Waals surface area (Å²) >= 11 is 9.76. The third-order valence-electron chi connectivity index (χ3n) is 3.37. The summed E-state index contributed by atoms with van der Waals surface area (Å²) in [7, 11) is 0. The second kappa shape index (κ2) is 6.38. The topological polar surface area (TPSA) is 29.1 Å². The van der Waals surface area contributed by atoms with Crippen molar-refractivity contribution < 1.29 is 4.79 Å². The highest BCUT2D eigenvalue weighted by molar-refractivity contribution is 14.1. The van der Waals surface area contributed by atoms with Gasteiger partial charge in [-0.1, -0.05) is 6.42 Å². The van der Waals surface area contributed by atoms with E-state index in [0.717, 1.165) is 20.9 Å². The molecule has 1 amide bonds. The molecule has 1 aromatic rings. The lowest BCUT2D eigenvalue weighted by Crippen LogP contribution is -2.31. The van der Waals surface area contributed by atoms with Crippen molar-refractivity contribution in [2.24, 2.45) is 11.8 Å². The molecule has 0 aliphatic heterocycles. The lowest BCUT2D eigenvalue weighted by molar-refractivity contribution is 0.0945. The van der Waals surface area contributed by atoms with Gasteiger partial charge in [-0.3, -0.25) is 4.79 Å². The van der Waals surface area contributed by atoms with E-state index in [1.165, 1.54) is 19.3 Å². The average Bonchev–Trinajstić information content (AvgIpc) is 2.94. The second-order valence-electron chi connectivity index (χ2n) is 4.45. The average molecular weight is 384 g/mol. The molecule has 1 heterocycles. The first-order valence-electron chi connectivity index (χ1n) is 5.79. The van der Waals surface area contributed by atoms with Gasteiger partial charge in [0, 0.05) is 17.8 Å². The minimum atomic E-state index is 0.0457. The van der Waals surface area contributed by atoms with E-state index < -0.39 is 0 Å². The maximum Gasteiger partial charge on any atom is 0.252 e. The summed E-state index contributed by atoms with van der Waals surface area (Å²) in [5, 5.41) is 4.93. The fraction of sp³-hybridized carbons (Fsp3) is 0.583. The Bertz CT molecular complexity index is 396. The molecule has 1 saturated carbocycles. The molecular weight excluding hydrogens is 369 g/mol. The maximum absolute atomic E-state index is 11.9. The first-order chi connectivity index (χ1) is 8.20. The first kappa shape index (κ1) is 13.6. The van der Waals surface area contributed by atoms with Crippen LogP contribution in [0.1, 0.15) is 29.6 Å². The Morgan fingerprint density at radius 1 is 1.53 bits per heavy atom. The monoisotopic (exact) mass is 383 g/mol. The number of hydrogen-bond donors (Lipinski definition) is 1. The van der Waals surface area contributed by atoms with E-state index >= 15 is 0 Å². The van der Waals surface area contributed by atoms with Gasteiger partial charge >= 0.3 is 0 Å². The van der Waals surface area contributed by atoms with Gasteiger partial charge in [-0.15, -0.1) is 22.9 Å². The summed E-state index contributed by atoms with van der Waals surface area (Å²) in [6.45, 7) is 0.767. The fourth-order valence-electron chi connectivity index (χ4n) is 2.34. The first-order valence-corrected chi connectivity index (χ1v) is 8.28. The summed E-state index contributed by atoms with van der Waals surface area (Å²) in [5.74, 6) is 1.91. The summed E-state index contributed by atoms with van der Waals surface area (Å²) in [6.07, 6.45) is 3.65. The van der Waals surface area contributed by atoms with Crippen LogP contribution in [0.4, 0.5) is 0 Å². The van der Waals surface area contributed by atoms with Gasteiger partial charge in [0.2, 0.25) is 0 Å². The third kappa shape index (κ3) is 3.58. The fourth-order valence-corrected chi connectivity index (χ4v) is 4.07. The highest BCUT2D eigenvalue weighted by atomic mass is 127. The summed E-state index contributed by atoms with van der Waals surface area (Å²) < 4.78 is 1.15. The molecule has 0 aromatic carbocycles. The zero-order valence-electron chi connectivity index (χ0n) is 9.42. The Morgan fingerprint density at radius 2 is 2.29 bits per heavy atom. The standard InChI is InChI=1S/C12H15ClINOS/c13-5-8-2-1-3-9(8)6-15-12(16)10-4-11(14)17-7-10/h4,7-9H,1-3,5-6H2,(H,15,16). The zero-order valence-corrected chi connectivity index (χ0v) is 13.1. The van der Waals surface area contributed by atoms with Crippen LogP contribution < -0.4 is 5.32 Å². The predicted octanol–water partition coefficient (Wildman–Crippen LogP) is 3.74. The predicted molar refractivity (Wildman–Crippen MR) is 80.9 cm³/mol. The van der Waals surface area contributed by atoms with Gasteiger partial charge in [0.05, 0.1) is 8.45 Å². The Balaban J connectivity index is 1.84. The van der Waals surface area contributed by atoms with Crippen LogP contribution in [-0.2, 0) is 0 Å². The molecule has 17 heavy (non-hydrogen) atoms. The van der Waals surface area contributed by atoms with Crippen LogP contribution in [0.3, 0.4) is 0 Å². The van der Waals surface area contributed by atoms with Crippen LogP contribution in [0.5, 0.6) is 0 Å². The minimum absolute atomic E-state index is 0.0457. The largest absolute Gasteiger partial charge is 0.352 e. The van der Waals surface area contributed by atoms with Gasteiger partial charge in [0.15, 0.2) is 0 Å². The lowest BCUT2D eigenvalue weighted by Gasteiger charge is -2.17. The molecule has 0 spiro atoms. The number of alkyl halides is 1. The van der Waals surface area contributed by atoms with Gasteiger partial charge in [0.25, 0.3) is 5.91 Å². The smallest absolute Gasteiger partial charge is 0.252 e. The summed E-state index contributed by atoms with van der Waals surface area (Å²) in [4.78, 5) is 11.9. The van der Waals surface area contributed by atoms with Crippen molar-refractivity contribution in [2.75, 3.05) is 12.4 Å². The number of carbonyl (C=O) groups is 1. The van der Waals surface area contributed by atoms with Crippen LogP contribution in [-0.4, -0.2) is 18.3 Å². The number of carbonyl (C=O) groups excluding carboxylic acids is 1. The Kier molecular flexibility index (Phi) is 5.11. The molecule has 1 aliphatic rings. The van der Waals surface area contributed by atoms with Gasteiger partial charge in [-0.2, -0.15) is 0 Å². The number of hydrogen-bond acceptors (Lipinski definition) is 2. The second-order valence-corrected chi connectivity index (χ2v) is 7.57. The van der Waals surface area contributed by atoms with Crippen LogP contribution in [0.2, 0.25) is 0 Å². The molecule has 1 N–H and O–H groups in total. The van der Waals surface area contributed by atoms with E-state index in [0.29, 0.717) is 11.8 Å². The lowest BCUT2D eigenvalue weighted by atomic mass is 9.98. The van der Waals surface area contributed by atoms with E-state index in [-0.39, 0.29) is 5.91 Å². The van der Waals surface area contributed by atoms with Crippen LogP contribution >= 0.6 is 45.5 Å². The number of rotatable bonds is 4. The van der Waals surface area contributed by atoms with Crippen molar-refractivity contribution in [1.29, 1.82) is 0 Å². The third-order valence-corrected chi connectivity index (χ3v) is 5.55. The number of amides is 1. The van der Waals surface area contributed by atoms with Gasteiger partial charge in [0.1, 0.15) is 0 Å². The molecule has 5 heteroatoms. The molecule has 0 saturated heterocycles. The van der Waals surface area contributed by atoms with E-state index in [4.69, 9.17) is 11.6 Å². The SMILES string of the molecule is O=C(NCC1CCCC1CCl)c1csc(I)c1. The van der Waals surface area contributed by atoms with E-state index in [2.05, 4.69) is 27.9 Å². The Morgan fingerprint density at radius 3 is 2.94 bits per heavy atom. The van der Waals surface area contributed by atoms with Crippen molar-refractivity contribution in [3.63, 3.8) is 0 Å². The van der Waals surface area contributed by atoms with Gasteiger partial charge in [-0.25, -0.2) is 0 Å². The maximum atomic E-state index is 11.9. The number of halogens is 2. The molecule has 2 rings (SSSR count). The highest BCUT2D eigenvalue weighted by Crippen LogP contribution is 2.32. The van der Waals surface area contributed by atoms with Crippen LogP contribution in [0.25, 0.3) is 0 Å². The van der Waals surface area contributed by atoms with E-state index in [1.54, 1.807) is 11.3 Å². The van der Waals surface area contributed by atoms with Crippen molar-refractivity contribution in [3.05, 3.63) is 19.9 Å². The number of nitrogens with one attached hydrogen (secondary N) is 1. The molecule has 2 nitrogen and oxygen atoms in total. The Hall–Kier alpha value is 0.190. The molecule has 1 aliphatic carbocycles. The minimum Gasteiger partial charge on any atom is -0.352 e.